The summed E-state index contributed by atoms with van der Waals surface area (Å²) in [5.74, 6) is 0.622. The molecule has 1 atom stereocenters. The maximum absolute atomic E-state index is 12.0. The molecular formula is C14H20N2O. The molecule has 0 heterocycles. The summed E-state index contributed by atoms with van der Waals surface area (Å²) in [4.78, 5) is 12.0. The average Bonchev–Trinajstić information content (AvgIpc) is 2.82. The monoisotopic (exact) mass is 232 g/mol. The van der Waals surface area contributed by atoms with E-state index in [0.717, 1.165) is 0 Å². The molecule has 1 saturated carbocycles. The number of nitrogens with one attached hydrogen (secondary N) is 1. The summed E-state index contributed by atoms with van der Waals surface area (Å²) in [6, 6.07) is 7.37. The van der Waals surface area contributed by atoms with E-state index in [1.165, 1.54) is 25.7 Å². The first-order valence-electron chi connectivity index (χ1n) is 6.33. The van der Waals surface area contributed by atoms with Crippen LogP contribution in [0.1, 0.15) is 43.0 Å². The number of nitrogens with two attached hydrogens (primary N) is 1. The summed E-state index contributed by atoms with van der Waals surface area (Å²) in [5.41, 5.74) is 6.95. The highest BCUT2D eigenvalue weighted by molar-refractivity contribution is 5.95. The van der Waals surface area contributed by atoms with Crippen LogP contribution in [0.2, 0.25) is 0 Å². The number of nitrogen functional groups attached to an aromatic ring is 1. The summed E-state index contributed by atoms with van der Waals surface area (Å²) < 4.78 is 0. The molecule has 0 spiro atoms. The normalized spacial score (nSPS) is 17.9. The van der Waals surface area contributed by atoms with E-state index in [1.54, 1.807) is 18.2 Å². The number of amides is 1. The topological polar surface area (TPSA) is 55.1 Å². The lowest BCUT2D eigenvalue weighted by Crippen LogP contribution is -2.37. The second kappa shape index (κ2) is 5.21. The number of carbonyl (C=O) groups excluding carboxylic acids is 1. The molecule has 0 radical (unpaired) electrons. The molecule has 3 nitrogen and oxygen atoms in total. The third-order valence-corrected chi connectivity index (χ3v) is 3.61. The number of hydrogen-bond donors (Lipinski definition) is 2. The van der Waals surface area contributed by atoms with Crippen LogP contribution >= 0.6 is 0 Å². The van der Waals surface area contributed by atoms with Gasteiger partial charge in [-0.05, 0) is 43.9 Å². The molecule has 1 aliphatic rings. The van der Waals surface area contributed by atoms with Gasteiger partial charge in [-0.1, -0.05) is 18.9 Å². The molecular weight excluding hydrogens is 212 g/mol. The lowest BCUT2D eigenvalue weighted by atomic mass is 9.99. The molecule has 1 unspecified atom stereocenters. The van der Waals surface area contributed by atoms with Crippen molar-refractivity contribution in [3.63, 3.8) is 0 Å². The van der Waals surface area contributed by atoms with Gasteiger partial charge in [0.2, 0.25) is 0 Å². The van der Waals surface area contributed by atoms with Crippen LogP contribution in [0.3, 0.4) is 0 Å². The van der Waals surface area contributed by atoms with Crippen LogP contribution in [0.15, 0.2) is 24.3 Å². The predicted octanol–water partition coefficient (Wildman–Crippen LogP) is 2.58. The van der Waals surface area contributed by atoms with Crippen molar-refractivity contribution in [1.82, 2.24) is 5.32 Å². The van der Waals surface area contributed by atoms with Gasteiger partial charge in [0.05, 0.1) is 0 Å². The second-order valence-corrected chi connectivity index (χ2v) is 4.93. The second-order valence-electron chi connectivity index (χ2n) is 4.93. The van der Waals surface area contributed by atoms with Gasteiger partial charge in [-0.25, -0.2) is 0 Å². The van der Waals surface area contributed by atoms with Crippen molar-refractivity contribution in [2.24, 2.45) is 5.92 Å². The largest absolute Gasteiger partial charge is 0.399 e. The van der Waals surface area contributed by atoms with Crippen LogP contribution in [0.5, 0.6) is 0 Å². The fourth-order valence-corrected chi connectivity index (χ4v) is 2.55. The van der Waals surface area contributed by atoms with E-state index < -0.39 is 0 Å². The maximum Gasteiger partial charge on any atom is 0.251 e. The Labute approximate surface area is 102 Å². The van der Waals surface area contributed by atoms with Gasteiger partial charge in [0.15, 0.2) is 0 Å². The zero-order valence-electron chi connectivity index (χ0n) is 10.3. The van der Waals surface area contributed by atoms with Crippen molar-refractivity contribution in [2.45, 2.75) is 38.6 Å². The molecule has 1 amide bonds. The van der Waals surface area contributed by atoms with Crippen molar-refractivity contribution in [1.29, 1.82) is 0 Å². The molecule has 0 aliphatic heterocycles. The van der Waals surface area contributed by atoms with Gasteiger partial charge in [-0.15, -0.1) is 0 Å². The Bertz CT molecular complexity index is 397. The van der Waals surface area contributed by atoms with E-state index in [1.807, 2.05) is 6.07 Å². The van der Waals surface area contributed by atoms with Crippen LogP contribution in [0, 0.1) is 5.92 Å². The fourth-order valence-electron chi connectivity index (χ4n) is 2.55. The Morgan fingerprint density at radius 1 is 1.41 bits per heavy atom. The van der Waals surface area contributed by atoms with E-state index in [4.69, 9.17) is 5.73 Å². The SMILES string of the molecule is CC(NC(=O)c1cccc(N)c1)C1CCCC1. The van der Waals surface area contributed by atoms with Gasteiger partial charge in [0.1, 0.15) is 0 Å². The number of rotatable bonds is 3. The standard InChI is InChI=1S/C14H20N2O/c1-10(11-5-2-3-6-11)16-14(17)12-7-4-8-13(15)9-12/h4,7-11H,2-3,5-6,15H2,1H3,(H,16,17). The number of hydrogen-bond acceptors (Lipinski definition) is 2. The molecule has 0 aromatic heterocycles. The molecule has 3 N–H and O–H groups in total. The number of carbonyl (C=O) groups is 1. The molecule has 0 bridgehead atoms. The van der Waals surface area contributed by atoms with Crippen LogP contribution in [-0.2, 0) is 0 Å². The highest BCUT2D eigenvalue weighted by Crippen LogP contribution is 2.27. The van der Waals surface area contributed by atoms with Crippen molar-refractivity contribution >= 4 is 11.6 Å². The van der Waals surface area contributed by atoms with Crippen molar-refractivity contribution in [2.75, 3.05) is 5.73 Å². The Hall–Kier alpha value is -1.51. The van der Waals surface area contributed by atoms with E-state index in [0.29, 0.717) is 17.2 Å². The fraction of sp³-hybridized carbons (Fsp3) is 0.500. The summed E-state index contributed by atoms with van der Waals surface area (Å²) in [7, 11) is 0. The Kier molecular flexibility index (Phi) is 3.67. The van der Waals surface area contributed by atoms with Crippen molar-refractivity contribution < 1.29 is 4.79 Å². The first-order valence-corrected chi connectivity index (χ1v) is 6.33. The zero-order chi connectivity index (χ0) is 12.3. The highest BCUT2D eigenvalue weighted by Gasteiger charge is 2.22. The van der Waals surface area contributed by atoms with Crippen LogP contribution in [-0.4, -0.2) is 11.9 Å². The van der Waals surface area contributed by atoms with Gasteiger partial charge >= 0.3 is 0 Å². The Balaban J connectivity index is 1.96. The first kappa shape index (κ1) is 12.0. The lowest BCUT2D eigenvalue weighted by Gasteiger charge is -2.20. The summed E-state index contributed by atoms with van der Waals surface area (Å²) in [5, 5.41) is 3.07. The van der Waals surface area contributed by atoms with Gasteiger partial charge in [-0.3, -0.25) is 4.79 Å². The summed E-state index contributed by atoms with van der Waals surface area (Å²) >= 11 is 0. The summed E-state index contributed by atoms with van der Waals surface area (Å²) in [6.07, 6.45) is 5.06. The minimum absolute atomic E-state index is 0.0169. The molecule has 1 aliphatic carbocycles. The Morgan fingerprint density at radius 3 is 2.76 bits per heavy atom. The van der Waals surface area contributed by atoms with E-state index in [-0.39, 0.29) is 11.9 Å². The molecule has 1 fully saturated rings. The van der Waals surface area contributed by atoms with Crippen LogP contribution < -0.4 is 11.1 Å². The predicted molar refractivity (Wildman–Crippen MR) is 69.7 cm³/mol. The first-order chi connectivity index (χ1) is 8.16. The van der Waals surface area contributed by atoms with E-state index in [9.17, 15) is 4.79 Å². The number of anilines is 1. The average molecular weight is 232 g/mol. The van der Waals surface area contributed by atoms with Crippen molar-refractivity contribution in [3.8, 4) is 0 Å². The van der Waals surface area contributed by atoms with E-state index >= 15 is 0 Å². The third kappa shape index (κ3) is 2.99. The van der Waals surface area contributed by atoms with Crippen molar-refractivity contribution in [3.05, 3.63) is 29.8 Å². The number of benzene rings is 1. The third-order valence-electron chi connectivity index (χ3n) is 3.61. The quantitative estimate of drug-likeness (QED) is 0.787. The van der Waals surface area contributed by atoms with Gasteiger partial charge in [-0.2, -0.15) is 0 Å². The zero-order valence-corrected chi connectivity index (χ0v) is 10.3. The van der Waals surface area contributed by atoms with Gasteiger partial charge in [0.25, 0.3) is 5.91 Å². The molecule has 0 saturated heterocycles. The summed E-state index contributed by atoms with van der Waals surface area (Å²) in [6.45, 7) is 2.10. The minimum atomic E-state index is -0.0169. The molecule has 17 heavy (non-hydrogen) atoms. The lowest BCUT2D eigenvalue weighted by molar-refractivity contribution is 0.0927. The van der Waals surface area contributed by atoms with Crippen LogP contribution in [0.25, 0.3) is 0 Å². The minimum Gasteiger partial charge on any atom is -0.399 e. The molecule has 3 heteroatoms. The highest BCUT2D eigenvalue weighted by atomic mass is 16.1. The van der Waals surface area contributed by atoms with Gasteiger partial charge < -0.3 is 11.1 Å². The molecule has 2 rings (SSSR count). The molecule has 1 aromatic rings. The molecule has 1 aromatic carbocycles. The Morgan fingerprint density at radius 2 is 2.12 bits per heavy atom. The van der Waals surface area contributed by atoms with E-state index in [2.05, 4.69) is 12.2 Å². The molecule has 92 valence electrons. The smallest absolute Gasteiger partial charge is 0.251 e. The maximum atomic E-state index is 12.0. The van der Waals surface area contributed by atoms with Crippen LogP contribution in [0.4, 0.5) is 5.69 Å². The van der Waals surface area contributed by atoms with Gasteiger partial charge in [0, 0.05) is 17.3 Å².